The third-order valence-corrected chi connectivity index (χ3v) is 7.61. The van der Waals surface area contributed by atoms with Crippen molar-refractivity contribution < 1.29 is 14.3 Å². The van der Waals surface area contributed by atoms with Crippen LogP contribution in [0.2, 0.25) is 0 Å². The topological polar surface area (TPSA) is 48.4 Å². The van der Waals surface area contributed by atoms with Crippen molar-refractivity contribution in [2.45, 2.75) is 110 Å². The van der Waals surface area contributed by atoms with Crippen LogP contribution in [-0.2, 0) is 6.42 Å². The minimum atomic E-state index is -0.371. The minimum absolute atomic E-state index is 0.371. The third-order valence-electron chi connectivity index (χ3n) is 7.61. The fraction of sp³-hybridized carbons (Fsp3) is 0.625. The van der Waals surface area contributed by atoms with Crippen molar-refractivity contribution >= 4 is 5.97 Å². The van der Waals surface area contributed by atoms with Gasteiger partial charge in [0.1, 0.15) is 11.5 Å². The van der Waals surface area contributed by atoms with Crippen molar-refractivity contribution in [3.63, 3.8) is 0 Å². The van der Waals surface area contributed by atoms with Crippen molar-refractivity contribution in [1.82, 2.24) is 4.98 Å². The summed E-state index contributed by atoms with van der Waals surface area (Å²) in [5.41, 5.74) is 1.59. The maximum Gasteiger partial charge on any atom is 0.343 e. The van der Waals surface area contributed by atoms with E-state index in [4.69, 9.17) is 9.47 Å². The quantitative estimate of drug-likeness (QED) is 0.173. The summed E-state index contributed by atoms with van der Waals surface area (Å²) >= 11 is 0. The number of aryl methyl sites for hydroxylation is 1. The normalized spacial score (nSPS) is 17.6. The van der Waals surface area contributed by atoms with Crippen LogP contribution in [0.5, 0.6) is 11.5 Å². The predicted molar refractivity (Wildman–Crippen MR) is 148 cm³/mol. The monoisotopic (exact) mass is 493 g/mol. The number of rotatable bonds is 16. The number of hydrogen-bond acceptors (Lipinski definition) is 4. The number of aromatic nitrogens is 1. The lowest BCUT2D eigenvalue weighted by Crippen LogP contribution is -2.15. The van der Waals surface area contributed by atoms with Gasteiger partial charge in [0.05, 0.1) is 18.4 Å². The fourth-order valence-corrected chi connectivity index (χ4v) is 5.21. The predicted octanol–water partition coefficient (Wildman–Crippen LogP) is 8.97. The molecule has 0 atom stereocenters. The largest absolute Gasteiger partial charge is 0.494 e. The Morgan fingerprint density at radius 3 is 2.08 bits per heavy atom. The van der Waals surface area contributed by atoms with E-state index in [0.717, 1.165) is 42.5 Å². The maximum atomic E-state index is 12.5. The average molecular weight is 494 g/mol. The summed E-state index contributed by atoms with van der Waals surface area (Å²) < 4.78 is 11.2. The number of nitrogens with zero attached hydrogens (tertiary/aromatic N) is 1. The Hall–Kier alpha value is -2.36. The molecule has 0 amide bonds. The molecule has 4 nitrogen and oxygen atoms in total. The minimum Gasteiger partial charge on any atom is -0.494 e. The van der Waals surface area contributed by atoms with E-state index < -0.39 is 0 Å². The SMILES string of the molecule is CCCCCCCC1CCC(CCc2ccc(OC(=O)c3ccc(OCCCCC)cc3)cn2)CC1. The smallest absolute Gasteiger partial charge is 0.343 e. The lowest BCUT2D eigenvalue weighted by molar-refractivity contribution is 0.0734. The lowest BCUT2D eigenvalue weighted by Gasteiger charge is -2.28. The summed E-state index contributed by atoms with van der Waals surface area (Å²) in [5.74, 6) is 2.69. The van der Waals surface area contributed by atoms with Gasteiger partial charge >= 0.3 is 5.97 Å². The first-order valence-electron chi connectivity index (χ1n) is 14.6. The molecule has 3 rings (SSSR count). The molecule has 1 aromatic carbocycles. The first kappa shape index (κ1) is 28.2. The van der Waals surface area contributed by atoms with Gasteiger partial charge in [-0.05, 0) is 67.5 Å². The molecule has 36 heavy (non-hydrogen) atoms. The second-order valence-electron chi connectivity index (χ2n) is 10.6. The van der Waals surface area contributed by atoms with E-state index in [1.54, 1.807) is 18.3 Å². The van der Waals surface area contributed by atoms with Crippen LogP contribution in [0.25, 0.3) is 0 Å². The van der Waals surface area contributed by atoms with Crippen LogP contribution >= 0.6 is 0 Å². The second kappa shape index (κ2) is 16.4. The Balaban J connectivity index is 1.33. The molecule has 1 aliphatic carbocycles. The Labute approximate surface area is 219 Å². The van der Waals surface area contributed by atoms with Crippen molar-refractivity contribution in [1.29, 1.82) is 0 Å². The highest BCUT2D eigenvalue weighted by molar-refractivity contribution is 5.91. The van der Waals surface area contributed by atoms with Crippen molar-refractivity contribution in [3.05, 3.63) is 53.9 Å². The number of carbonyl (C=O) groups is 1. The van der Waals surface area contributed by atoms with Crippen LogP contribution in [0.1, 0.15) is 120 Å². The van der Waals surface area contributed by atoms with E-state index in [2.05, 4.69) is 18.8 Å². The van der Waals surface area contributed by atoms with E-state index in [1.807, 2.05) is 24.3 Å². The van der Waals surface area contributed by atoms with Crippen LogP contribution in [0.3, 0.4) is 0 Å². The van der Waals surface area contributed by atoms with Gasteiger partial charge in [0.25, 0.3) is 0 Å². The summed E-state index contributed by atoms with van der Waals surface area (Å²) in [6.45, 7) is 5.16. The standard InChI is InChI=1S/C32H47NO3/c1-3-5-7-8-9-11-26-12-14-27(15-13-26)16-19-29-20-23-31(25-33-29)36-32(34)28-17-21-30(22-18-28)35-24-10-6-4-2/h17-18,20-23,25-27H,3-16,19,24H2,1-2H3. The molecule has 0 aliphatic heterocycles. The van der Waals surface area contributed by atoms with Crippen molar-refractivity contribution in [2.75, 3.05) is 6.61 Å². The number of pyridine rings is 1. The van der Waals surface area contributed by atoms with Crippen LogP contribution in [0, 0.1) is 11.8 Å². The van der Waals surface area contributed by atoms with Gasteiger partial charge in [-0.25, -0.2) is 4.79 Å². The third kappa shape index (κ3) is 10.3. The van der Waals surface area contributed by atoms with Crippen molar-refractivity contribution in [2.24, 2.45) is 11.8 Å². The van der Waals surface area contributed by atoms with Gasteiger partial charge < -0.3 is 9.47 Å². The molecule has 4 heteroatoms. The number of hydrogen-bond donors (Lipinski definition) is 0. The first-order valence-corrected chi connectivity index (χ1v) is 14.6. The van der Waals surface area contributed by atoms with Gasteiger partial charge in [-0.1, -0.05) is 90.9 Å². The van der Waals surface area contributed by atoms with Gasteiger partial charge in [0.15, 0.2) is 0 Å². The highest BCUT2D eigenvalue weighted by Crippen LogP contribution is 2.34. The highest BCUT2D eigenvalue weighted by atomic mass is 16.5. The number of unbranched alkanes of at least 4 members (excludes halogenated alkanes) is 6. The zero-order valence-corrected chi connectivity index (χ0v) is 22.7. The molecule has 1 aromatic heterocycles. The Bertz CT molecular complexity index is 854. The Kier molecular flexibility index (Phi) is 12.9. The lowest BCUT2D eigenvalue weighted by atomic mass is 9.78. The van der Waals surface area contributed by atoms with Gasteiger partial charge in [-0.3, -0.25) is 4.98 Å². The average Bonchev–Trinajstić information content (AvgIpc) is 2.91. The molecule has 1 aliphatic rings. The molecule has 0 unspecified atom stereocenters. The first-order chi connectivity index (χ1) is 17.7. The summed E-state index contributed by atoms with van der Waals surface area (Å²) in [7, 11) is 0. The van der Waals surface area contributed by atoms with E-state index in [0.29, 0.717) is 17.9 Å². The molecule has 1 fully saturated rings. The number of esters is 1. The number of carbonyl (C=O) groups excluding carboxylic acids is 1. The molecule has 0 N–H and O–H groups in total. The summed E-state index contributed by atoms with van der Waals surface area (Å²) in [6.07, 6.45) is 21.3. The molecule has 0 radical (unpaired) electrons. The van der Waals surface area contributed by atoms with Gasteiger partial charge in [-0.15, -0.1) is 0 Å². The van der Waals surface area contributed by atoms with Crippen LogP contribution in [-0.4, -0.2) is 17.6 Å². The maximum absolute atomic E-state index is 12.5. The Morgan fingerprint density at radius 2 is 1.42 bits per heavy atom. The van der Waals surface area contributed by atoms with Crippen LogP contribution in [0.4, 0.5) is 0 Å². The van der Waals surface area contributed by atoms with Gasteiger partial charge in [0.2, 0.25) is 0 Å². The molecule has 1 saturated carbocycles. The molecule has 0 bridgehead atoms. The molecule has 1 heterocycles. The molecule has 0 saturated heterocycles. The summed E-state index contributed by atoms with van der Waals surface area (Å²) in [4.78, 5) is 17.0. The van der Waals surface area contributed by atoms with Gasteiger partial charge in [0, 0.05) is 5.69 Å². The second-order valence-corrected chi connectivity index (χ2v) is 10.6. The molecule has 2 aromatic rings. The highest BCUT2D eigenvalue weighted by Gasteiger charge is 2.21. The van der Waals surface area contributed by atoms with Crippen LogP contribution < -0.4 is 9.47 Å². The van der Waals surface area contributed by atoms with E-state index in [1.165, 1.54) is 77.0 Å². The molecule has 0 spiro atoms. The zero-order valence-electron chi connectivity index (χ0n) is 22.7. The van der Waals surface area contributed by atoms with Crippen LogP contribution in [0.15, 0.2) is 42.6 Å². The zero-order chi connectivity index (χ0) is 25.4. The fourth-order valence-electron chi connectivity index (χ4n) is 5.21. The van der Waals surface area contributed by atoms with E-state index >= 15 is 0 Å². The molecule has 198 valence electrons. The summed E-state index contributed by atoms with van der Waals surface area (Å²) in [6, 6.07) is 11.0. The Morgan fingerprint density at radius 1 is 0.778 bits per heavy atom. The van der Waals surface area contributed by atoms with E-state index in [-0.39, 0.29) is 5.97 Å². The molecular formula is C32H47NO3. The number of ether oxygens (including phenoxy) is 2. The van der Waals surface area contributed by atoms with E-state index in [9.17, 15) is 4.79 Å². The van der Waals surface area contributed by atoms with Crippen molar-refractivity contribution in [3.8, 4) is 11.5 Å². The molecular weight excluding hydrogens is 446 g/mol. The number of benzene rings is 1. The summed E-state index contributed by atoms with van der Waals surface area (Å²) in [5, 5.41) is 0. The van der Waals surface area contributed by atoms with Gasteiger partial charge in [-0.2, -0.15) is 0 Å².